The van der Waals surface area contributed by atoms with Gasteiger partial charge in [-0.3, -0.25) is 4.79 Å². The number of hydrogen-bond donors (Lipinski definition) is 1. The van der Waals surface area contributed by atoms with Gasteiger partial charge in [-0.05, 0) is 51.7 Å². The van der Waals surface area contributed by atoms with Gasteiger partial charge >= 0.3 is 0 Å². The topological polar surface area (TPSA) is 50.2 Å². The van der Waals surface area contributed by atoms with Crippen LogP contribution < -0.4 is 5.32 Å². The lowest BCUT2D eigenvalue weighted by molar-refractivity contribution is 0.0963. The third kappa shape index (κ3) is 13.2. The standard InChI is InChI=1S/C31H54N4O.ClH/c1-5-6-7-8-9-10-11-12-13-14-15-16-17-18-19-21-30-33-28-26-27(31(36)32-2)22-23-29(28)35(30)25-20-24-34(3)4;/h22-23,26H,5-21,24-25H2,1-4H3,(H,32,36);1H. The van der Waals surface area contributed by atoms with Gasteiger partial charge in [-0.2, -0.15) is 0 Å². The molecule has 1 aromatic heterocycles. The van der Waals surface area contributed by atoms with E-state index in [-0.39, 0.29) is 18.3 Å². The Morgan fingerprint density at radius 2 is 1.38 bits per heavy atom. The van der Waals surface area contributed by atoms with Gasteiger partial charge in [-0.25, -0.2) is 4.98 Å². The van der Waals surface area contributed by atoms with Crippen molar-refractivity contribution in [3.63, 3.8) is 0 Å². The highest BCUT2D eigenvalue weighted by Crippen LogP contribution is 2.21. The number of fused-ring (bicyclic) bond motifs is 1. The van der Waals surface area contributed by atoms with E-state index in [1.54, 1.807) is 7.05 Å². The quantitative estimate of drug-likeness (QED) is 0.164. The molecule has 0 saturated heterocycles. The number of benzene rings is 1. The van der Waals surface area contributed by atoms with Crippen LogP contribution in [-0.4, -0.2) is 48.0 Å². The molecule has 5 nitrogen and oxygen atoms in total. The molecule has 1 aromatic carbocycles. The van der Waals surface area contributed by atoms with E-state index in [0.717, 1.165) is 37.0 Å². The Morgan fingerprint density at radius 1 is 0.838 bits per heavy atom. The van der Waals surface area contributed by atoms with Gasteiger partial charge in [0.15, 0.2) is 0 Å². The highest BCUT2D eigenvalue weighted by Gasteiger charge is 2.13. The number of halogens is 1. The third-order valence-electron chi connectivity index (χ3n) is 7.31. The lowest BCUT2D eigenvalue weighted by Gasteiger charge is -2.12. The van der Waals surface area contributed by atoms with E-state index in [2.05, 4.69) is 41.9 Å². The van der Waals surface area contributed by atoms with Gasteiger partial charge in [-0.1, -0.05) is 96.8 Å². The van der Waals surface area contributed by atoms with E-state index in [1.165, 1.54) is 102 Å². The van der Waals surface area contributed by atoms with Crippen LogP contribution in [0.1, 0.15) is 126 Å². The molecule has 0 aliphatic rings. The summed E-state index contributed by atoms with van der Waals surface area (Å²) in [5.74, 6) is 1.12. The van der Waals surface area contributed by atoms with Crippen molar-refractivity contribution >= 4 is 29.3 Å². The zero-order valence-corrected chi connectivity index (χ0v) is 25.1. The minimum absolute atomic E-state index is 0. The molecule has 1 amide bonds. The predicted octanol–water partition coefficient (Wildman–Crippen LogP) is 8.18. The average Bonchev–Trinajstić information content (AvgIpc) is 3.22. The van der Waals surface area contributed by atoms with Crippen LogP contribution in [0.5, 0.6) is 0 Å². The molecule has 0 atom stereocenters. The molecule has 0 fully saturated rings. The molecule has 0 aliphatic heterocycles. The van der Waals surface area contributed by atoms with Crippen molar-refractivity contribution in [2.45, 2.75) is 123 Å². The fourth-order valence-corrected chi connectivity index (χ4v) is 5.11. The first-order chi connectivity index (χ1) is 17.6. The number of nitrogens with zero attached hydrogens (tertiary/aromatic N) is 3. The van der Waals surface area contributed by atoms with Gasteiger partial charge in [0.2, 0.25) is 0 Å². The highest BCUT2D eigenvalue weighted by atomic mass is 35.5. The molecule has 2 rings (SSSR count). The zero-order valence-electron chi connectivity index (χ0n) is 24.3. The number of nitrogens with one attached hydrogen (secondary N) is 1. The molecule has 1 heterocycles. The SMILES string of the molecule is CCCCCCCCCCCCCCCCCc1nc2cc(C(=O)NC)ccc2n1CCCN(C)C.Cl. The van der Waals surface area contributed by atoms with Crippen LogP contribution in [0.2, 0.25) is 0 Å². The van der Waals surface area contributed by atoms with E-state index in [4.69, 9.17) is 4.98 Å². The number of carbonyl (C=O) groups excluding carboxylic acids is 1. The number of hydrogen-bond acceptors (Lipinski definition) is 3. The summed E-state index contributed by atoms with van der Waals surface area (Å²) in [5.41, 5.74) is 2.77. The molecule has 0 saturated carbocycles. The fraction of sp³-hybridized carbons (Fsp3) is 0.742. The second kappa shape index (κ2) is 20.4. The minimum atomic E-state index is -0.0528. The maximum Gasteiger partial charge on any atom is 0.251 e. The first-order valence-electron chi connectivity index (χ1n) is 14.9. The minimum Gasteiger partial charge on any atom is -0.355 e. The Morgan fingerprint density at radius 3 is 1.89 bits per heavy atom. The number of carbonyl (C=O) groups is 1. The Balaban J connectivity index is 0.00000684. The highest BCUT2D eigenvalue weighted by molar-refractivity contribution is 5.97. The number of imidazole rings is 1. The van der Waals surface area contributed by atoms with Gasteiger partial charge in [0.1, 0.15) is 5.82 Å². The van der Waals surface area contributed by atoms with E-state index >= 15 is 0 Å². The Labute approximate surface area is 233 Å². The van der Waals surface area contributed by atoms with Crippen LogP contribution in [0.15, 0.2) is 18.2 Å². The normalized spacial score (nSPS) is 11.3. The molecule has 0 unspecified atom stereocenters. The van der Waals surface area contributed by atoms with Crippen LogP contribution in [0.25, 0.3) is 11.0 Å². The number of unbranched alkanes of at least 4 members (excludes halogenated alkanes) is 14. The smallest absolute Gasteiger partial charge is 0.251 e. The van der Waals surface area contributed by atoms with E-state index in [9.17, 15) is 4.79 Å². The third-order valence-corrected chi connectivity index (χ3v) is 7.31. The summed E-state index contributed by atoms with van der Waals surface area (Å²) in [5, 5.41) is 2.72. The largest absolute Gasteiger partial charge is 0.355 e. The second-order valence-corrected chi connectivity index (χ2v) is 10.8. The summed E-state index contributed by atoms with van der Waals surface area (Å²) >= 11 is 0. The number of amides is 1. The van der Waals surface area contributed by atoms with Gasteiger partial charge in [0.05, 0.1) is 11.0 Å². The van der Waals surface area contributed by atoms with Crippen molar-refractivity contribution < 1.29 is 4.79 Å². The maximum absolute atomic E-state index is 12.1. The Kier molecular flexibility index (Phi) is 18.4. The molecule has 37 heavy (non-hydrogen) atoms. The van der Waals surface area contributed by atoms with Crippen LogP contribution in [0, 0.1) is 0 Å². The summed E-state index contributed by atoms with van der Waals surface area (Å²) < 4.78 is 2.39. The molecule has 0 bridgehead atoms. The second-order valence-electron chi connectivity index (χ2n) is 10.8. The maximum atomic E-state index is 12.1. The van der Waals surface area contributed by atoms with Crippen molar-refractivity contribution in [3.8, 4) is 0 Å². The predicted molar refractivity (Wildman–Crippen MR) is 162 cm³/mol. The Hall–Kier alpha value is -1.59. The van der Waals surface area contributed by atoms with Crippen molar-refractivity contribution in [1.29, 1.82) is 0 Å². The lowest BCUT2D eigenvalue weighted by atomic mass is 10.0. The van der Waals surface area contributed by atoms with Crippen LogP contribution in [-0.2, 0) is 13.0 Å². The van der Waals surface area contributed by atoms with Crippen molar-refractivity contribution in [2.75, 3.05) is 27.7 Å². The summed E-state index contributed by atoms with van der Waals surface area (Å²) in [4.78, 5) is 19.3. The lowest BCUT2D eigenvalue weighted by Crippen LogP contribution is -2.17. The summed E-state index contributed by atoms with van der Waals surface area (Å²) in [6.45, 7) is 4.33. The van der Waals surface area contributed by atoms with Gasteiger partial charge < -0.3 is 14.8 Å². The molecule has 0 aliphatic carbocycles. The molecule has 0 radical (unpaired) electrons. The molecule has 1 N–H and O–H groups in total. The van der Waals surface area contributed by atoms with E-state index in [1.807, 2.05) is 12.1 Å². The summed E-state index contributed by atoms with van der Waals surface area (Å²) in [6.07, 6.45) is 22.9. The first kappa shape index (κ1) is 33.4. The molecule has 2 aromatic rings. The molecule has 212 valence electrons. The summed E-state index contributed by atoms with van der Waals surface area (Å²) in [6, 6.07) is 5.92. The van der Waals surface area contributed by atoms with Gasteiger partial charge in [0, 0.05) is 25.6 Å². The number of rotatable bonds is 21. The summed E-state index contributed by atoms with van der Waals surface area (Å²) in [7, 11) is 5.92. The van der Waals surface area contributed by atoms with E-state index < -0.39 is 0 Å². The molecule has 6 heteroatoms. The number of aryl methyl sites for hydroxylation is 2. The van der Waals surface area contributed by atoms with Gasteiger partial charge in [0.25, 0.3) is 5.91 Å². The average molecular weight is 535 g/mol. The molecular formula is C31H55ClN4O. The van der Waals surface area contributed by atoms with E-state index in [0.29, 0.717) is 5.56 Å². The zero-order chi connectivity index (χ0) is 26.0. The van der Waals surface area contributed by atoms with Crippen LogP contribution in [0.3, 0.4) is 0 Å². The van der Waals surface area contributed by atoms with Crippen molar-refractivity contribution in [1.82, 2.24) is 19.8 Å². The van der Waals surface area contributed by atoms with Crippen LogP contribution >= 0.6 is 12.4 Å². The fourth-order valence-electron chi connectivity index (χ4n) is 5.11. The van der Waals surface area contributed by atoms with Gasteiger partial charge in [-0.15, -0.1) is 12.4 Å². The van der Waals surface area contributed by atoms with Crippen molar-refractivity contribution in [3.05, 3.63) is 29.6 Å². The molecular weight excluding hydrogens is 480 g/mol. The monoisotopic (exact) mass is 534 g/mol. The van der Waals surface area contributed by atoms with Crippen molar-refractivity contribution in [2.24, 2.45) is 0 Å². The Bertz CT molecular complexity index is 864. The molecule has 0 spiro atoms. The number of aromatic nitrogens is 2. The first-order valence-corrected chi connectivity index (χ1v) is 14.9. The van der Waals surface area contributed by atoms with Crippen LogP contribution in [0.4, 0.5) is 0 Å².